The van der Waals surface area contributed by atoms with E-state index in [1.807, 2.05) is 67.3 Å². The second-order valence-electron chi connectivity index (χ2n) is 24.1. The molecule has 0 atom stereocenters. The third-order valence-electron chi connectivity index (χ3n) is 17.0. The summed E-state index contributed by atoms with van der Waals surface area (Å²) in [5.41, 5.74) is 32.7. The zero-order valence-electron chi connectivity index (χ0n) is 53.1. The first-order valence-electron chi connectivity index (χ1n) is 31.5. The number of carbonyl (C=O) groups excluding carboxylic acids is 4. The van der Waals surface area contributed by atoms with Crippen LogP contribution >= 0.6 is 0 Å². The van der Waals surface area contributed by atoms with E-state index in [0.717, 1.165) is 119 Å². The molecule has 0 radical (unpaired) electrons. The number of nitrogens with one attached hydrogen (secondary N) is 4. The van der Waals surface area contributed by atoms with Crippen LogP contribution in [0.2, 0.25) is 0 Å². The molecule has 1 saturated carbocycles. The van der Waals surface area contributed by atoms with Gasteiger partial charge in [-0.15, -0.1) is 20.4 Å². The van der Waals surface area contributed by atoms with E-state index in [9.17, 15) is 32.3 Å². The molecule has 502 valence electrons. The summed E-state index contributed by atoms with van der Waals surface area (Å²) in [6.07, 6.45) is 19.0. The van der Waals surface area contributed by atoms with Gasteiger partial charge in [-0.05, 0) is 125 Å². The fraction of sp³-hybridized carbons (Fsp3) is 0.333. The van der Waals surface area contributed by atoms with Crippen LogP contribution in [0.15, 0.2) is 134 Å². The summed E-state index contributed by atoms with van der Waals surface area (Å²) in [6.45, 7) is 6.62. The van der Waals surface area contributed by atoms with Gasteiger partial charge in [-0.3, -0.25) is 30.7 Å². The number of amides is 7. The summed E-state index contributed by atoms with van der Waals surface area (Å²) in [4.78, 5) is 62.9. The molecular formula is C66H76F3N21O6. The van der Waals surface area contributed by atoms with Crippen molar-refractivity contribution in [2.24, 2.45) is 11.3 Å². The number of hydrogen-bond acceptors (Lipinski definition) is 16. The molecule has 4 fully saturated rings. The summed E-state index contributed by atoms with van der Waals surface area (Å²) in [5, 5.41) is 28.4. The minimum absolute atomic E-state index is 0.0178. The van der Waals surface area contributed by atoms with Crippen LogP contribution in [0, 0.1) is 31.0 Å². The molecule has 3 saturated heterocycles. The van der Waals surface area contributed by atoms with Crippen molar-refractivity contribution in [2.45, 2.75) is 91.3 Å². The second-order valence-corrected chi connectivity index (χ2v) is 24.1. The molecule has 9 aromatic rings. The Balaban J connectivity index is 0.000000130. The molecule has 7 amide bonds. The Hall–Kier alpha value is -11.2. The van der Waals surface area contributed by atoms with Crippen molar-refractivity contribution in [1.29, 1.82) is 0 Å². The summed E-state index contributed by atoms with van der Waals surface area (Å²) >= 11 is 0. The van der Waals surface area contributed by atoms with E-state index in [4.69, 9.17) is 27.7 Å². The van der Waals surface area contributed by atoms with Gasteiger partial charge in [0.05, 0.1) is 108 Å². The standard InChI is InChI=1S/C18H23N5O2.C17H17N7O.C16H19FN4O.C15H17F2N5O2/c1-13-2-4-14(5-3-13)23-10-15(19)16(21-23)20-17(24)22-8-6-18(7-9-22)11-25-12-18;1-11-2-4-12(5-3-11)24-8-13(18)16(22-24)21-17(25)23-9-14-15(10-23)20-7-6-19-14;17-12-6-8-13(9-7-12)21-10-14(18)15(20-21)19-16(22)11-4-2-1-3-5-11;16-14(17)24-11-5-3-10(4-6-11)22-9-12(18)13(20-22)19-15(23)21-7-1-2-8-21/h2-5,10H,6-9,11-12,19H2,1H3,(H,20,21,24);2-8H,9-10,18H2,1H3,(H,21,22,25);6-11H,1-5,18H2,(H,19,20,22);3-6,9,14H,1-2,7-8,18H2,(H,19,20,23). The normalized spacial score (nSPS) is 15.4. The lowest BCUT2D eigenvalue weighted by Crippen LogP contribution is -2.52. The first kappa shape index (κ1) is 66.3. The van der Waals surface area contributed by atoms with Crippen molar-refractivity contribution in [1.82, 2.24) is 63.8 Å². The predicted octanol–water partition coefficient (Wildman–Crippen LogP) is 10.3. The molecule has 4 aliphatic heterocycles. The van der Waals surface area contributed by atoms with E-state index < -0.39 is 6.61 Å². The minimum atomic E-state index is -2.87. The van der Waals surface area contributed by atoms with Gasteiger partial charge >= 0.3 is 24.7 Å². The maximum Gasteiger partial charge on any atom is 0.387 e. The van der Waals surface area contributed by atoms with Crippen molar-refractivity contribution in [3.05, 3.63) is 163 Å². The zero-order valence-corrected chi connectivity index (χ0v) is 53.1. The summed E-state index contributed by atoms with van der Waals surface area (Å²) < 4.78 is 53.2. The van der Waals surface area contributed by atoms with Gasteiger partial charge in [-0.25, -0.2) is 37.5 Å². The molecule has 4 aromatic carbocycles. The highest BCUT2D eigenvalue weighted by atomic mass is 19.3. The molecule has 30 heteroatoms. The van der Waals surface area contributed by atoms with E-state index in [1.54, 1.807) is 80.6 Å². The van der Waals surface area contributed by atoms with Gasteiger partial charge in [0.25, 0.3) is 0 Å². The van der Waals surface area contributed by atoms with Crippen molar-refractivity contribution < 1.29 is 41.8 Å². The Labute approximate surface area is 550 Å². The zero-order chi connectivity index (χ0) is 67.5. The van der Waals surface area contributed by atoms with Crippen LogP contribution in [0.3, 0.4) is 0 Å². The maximum absolute atomic E-state index is 13.0. The number of benzene rings is 4. The smallest absolute Gasteiger partial charge is 0.387 e. The van der Waals surface area contributed by atoms with E-state index in [2.05, 4.69) is 56.4 Å². The number of hydrogen-bond donors (Lipinski definition) is 8. The number of urea groups is 3. The van der Waals surface area contributed by atoms with Gasteiger partial charge < -0.3 is 52.4 Å². The number of fused-ring (bicyclic) bond motifs is 1. The number of anilines is 8. The lowest BCUT2D eigenvalue weighted by molar-refractivity contribution is -0.135. The molecular weight excluding hydrogens is 1240 g/mol. The highest BCUT2D eigenvalue weighted by Gasteiger charge is 2.42. The van der Waals surface area contributed by atoms with Gasteiger partial charge in [-0.1, -0.05) is 54.7 Å². The van der Waals surface area contributed by atoms with Crippen molar-refractivity contribution in [3.63, 3.8) is 0 Å². The Morgan fingerprint density at radius 1 is 0.510 bits per heavy atom. The summed E-state index contributed by atoms with van der Waals surface area (Å²) in [5.74, 6) is 1.13. The average Bonchev–Trinajstić information content (AvgIpc) is 1.05. The fourth-order valence-corrected chi connectivity index (χ4v) is 11.4. The van der Waals surface area contributed by atoms with E-state index >= 15 is 0 Å². The van der Waals surface area contributed by atoms with E-state index in [-0.39, 0.29) is 47.3 Å². The molecule has 9 heterocycles. The highest BCUT2D eigenvalue weighted by Crippen LogP contribution is 2.39. The van der Waals surface area contributed by atoms with Gasteiger partial charge in [0.15, 0.2) is 23.3 Å². The lowest BCUT2D eigenvalue weighted by atomic mass is 9.77. The van der Waals surface area contributed by atoms with Gasteiger partial charge in [-0.2, -0.15) is 8.78 Å². The number of nitrogens with zero attached hydrogens (tertiary/aromatic N) is 13. The molecule has 1 spiro atoms. The Kier molecular flexibility index (Phi) is 20.6. The van der Waals surface area contributed by atoms with Crippen LogP contribution in [-0.2, 0) is 22.6 Å². The molecule has 0 bridgehead atoms. The number of alkyl halides is 2. The quantitative estimate of drug-likeness (QED) is 0.0597. The number of nitrogen functional groups attached to an aromatic ring is 4. The number of aryl methyl sites for hydroxylation is 2. The van der Waals surface area contributed by atoms with Gasteiger partial charge in [0.1, 0.15) is 11.6 Å². The molecule has 5 aliphatic rings. The molecule has 5 aromatic heterocycles. The third-order valence-corrected chi connectivity index (χ3v) is 17.0. The largest absolute Gasteiger partial charge is 0.435 e. The molecule has 27 nitrogen and oxygen atoms in total. The SMILES string of the molecule is Cc1ccc(-n2cc(N)c(NC(=O)N3CCC4(CC3)COC4)n2)cc1.Cc1ccc(-n2cc(N)c(NC(=O)N3Cc4nccnc4C3)n2)cc1.Nc1cn(-c2ccc(F)cc2)nc1NC(=O)C1CCCCC1.Nc1cn(-c2ccc(OC(F)F)cc2)nc1NC(=O)N1CCCC1. The number of rotatable bonds is 11. The topological polar surface area (TPSA) is 346 Å². The van der Waals surface area contributed by atoms with E-state index in [1.165, 1.54) is 45.6 Å². The molecule has 0 unspecified atom stereocenters. The van der Waals surface area contributed by atoms with Crippen LogP contribution < -0.4 is 48.9 Å². The van der Waals surface area contributed by atoms with Crippen LogP contribution in [0.5, 0.6) is 5.75 Å². The summed E-state index contributed by atoms with van der Waals surface area (Å²) in [6, 6.07) is 27.1. The first-order valence-corrected chi connectivity index (χ1v) is 31.5. The second kappa shape index (κ2) is 29.8. The van der Waals surface area contributed by atoms with Crippen LogP contribution in [-0.4, -0.2) is 134 Å². The van der Waals surface area contributed by atoms with E-state index in [0.29, 0.717) is 70.1 Å². The first-order chi connectivity index (χ1) is 46.3. The van der Waals surface area contributed by atoms with Gasteiger partial charge in [0.2, 0.25) is 5.91 Å². The van der Waals surface area contributed by atoms with Crippen LogP contribution in [0.4, 0.5) is 73.6 Å². The monoisotopic (exact) mass is 1320 g/mol. The molecule has 14 rings (SSSR count). The Bertz CT molecular complexity index is 4110. The van der Waals surface area contributed by atoms with Crippen LogP contribution in [0.1, 0.15) is 80.3 Å². The van der Waals surface area contributed by atoms with Crippen molar-refractivity contribution in [3.8, 4) is 28.5 Å². The lowest BCUT2D eigenvalue weighted by Gasteiger charge is -2.47. The number of nitrogens with two attached hydrogens (primary N) is 4. The highest BCUT2D eigenvalue weighted by molar-refractivity contribution is 5.95. The average molecular weight is 1320 g/mol. The third kappa shape index (κ3) is 16.6. The number of aromatic nitrogens is 10. The molecule has 1 aliphatic carbocycles. The molecule has 12 N–H and O–H groups in total. The number of likely N-dealkylation sites (tertiary alicyclic amines) is 2. The van der Waals surface area contributed by atoms with Crippen LogP contribution in [0.25, 0.3) is 22.7 Å². The fourth-order valence-electron chi connectivity index (χ4n) is 11.4. The summed E-state index contributed by atoms with van der Waals surface area (Å²) in [7, 11) is 0. The number of carbonyl (C=O) groups is 4. The predicted molar refractivity (Wildman–Crippen MR) is 356 cm³/mol. The number of piperidine rings is 1. The number of ether oxygens (including phenoxy) is 2. The Morgan fingerprint density at radius 2 is 0.885 bits per heavy atom. The minimum Gasteiger partial charge on any atom is -0.435 e. The van der Waals surface area contributed by atoms with Gasteiger partial charge in [0, 0.05) is 49.9 Å². The Morgan fingerprint density at radius 3 is 1.28 bits per heavy atom. The van der Waals surface area contributed by atoms with Crippen molar-refractivity contribution in [2.75, 3.05) is 83.6 Å². The maximum atomic E-state index is 13.0. The van der Waals surface area contributed by atoms with Crippen molar-refractivity contribution >= 4 is 70.0 Å². The number of halogens is 3. The molecule has 96 heavy (non-hydrogen) atoms.